The predicted octanol–water partition coefficient (Wildman–Crippen LogP) is 1.78. The second-order valence-electron chi connectivity index (χ2n) is 5.21. The first-order valence-electron chi connectivity index (χ1n) is 6.63. The smallest absolute Gasteiger partial charge is 0.302 e. The van der Waals surface area contributed by atoms with Gasteiger partial charge in [0, 0.05) is 24.4 Å². The van der Waals surface area contributed by atoms with Crippen molar-refractivity contribution in [1.82, 2.24) is 4.90 Å². The highest BCUT2D eigenvalue weighted by Gasteiger charge is 2.38. The molecule has 4 heteroatoms. The number of nitrogens with two attached hydrogens (primary N) is 1. The van der Waals surface area contributed by atoms with Crippen molar-refractivity contribution in [2.45, 2.75) is 39.2 Å². The zero-order valence-corrected chi connectivity index (χ0v) is 11.2. The van der Waals surface area contributed by atoms with Gasteiger partial charge >= 0.3 is 5.97 Å². The van der Waals surface area contributed by atoms with Gasteiger partial charge < -0.3 is 15.4 Å². The summed E-state index contributed by atoms with van der Waals surface area (Å²) in [6, 6.07) is 0.611. The van der Waals surface area contributed by atoms with Gasteiger partial charge in [0.05, 0.1) is 6.54 Å². The van der Waals surface area contributed by atoms with Crippen molar-refractivity contribution in [1.29, 1.82) is 0 Å². The van der Waals surface area contributed by atoms with E-state index in [1.807, 2.05) is 6.08 Å². The van der Waals surface area contributed by atoms with E-state index in [2.05, 4.69) is 17.9 Å². The number of nitrogens with zero attached hydrogens (tertiary/aromatic N) is 1. The summed E-state index contributed by atoms with van der Waals surface area (Å²) in [7, 11) is 0. The molecule has 0 heterocycles. The van der Waals surface area contributed by atoms with Crippen LogP contribution < -0.4 is 5.73 Å². The van der Waals surface area contributed by atoms with E-state index in [1.165, 1.54) is 19.0 Å². The lowest BCUT2D eigenvalue weighted by Crippen LogP contribution is -2.31. The Kier molecular flexibility index (Phi) is 3.94. The summed E-state index contributed by atoms with van der Waals surface area (Å²) in [5, 5.41) is 0. The number of ether oxygens (including phenoxy) is 1. The summed E-state index contributed by atoms with van der Waals surface area (Å²) in [6.45, 7) is 4.97. The largest absolute Gasteiger partial charge is 0.464 e. The number of esters is 1. The zero-order chi connectivity index (χ0) is 13.1. The molecule has 0 aliphatic heterocycles. The molecule has 1 fully saturated rings. The normalized spacial score (nSPS) is 26.1. The minimum absolute atomic E-state index is 0.208. The second kappa shape index (κ2) is 5.46. The van der Waals surface area contributed by atoms with Crippen LogP contribution in [0, 0.1) is 5.92 Å². The van der Waals surface area contributed by atoms with E-state index in [-0.39, 0.29) is 5.97 Å². The van der Waals surface area contributed by atoms with Gasteiger partial charge in [-0.15, -0.1) is 0 Å². The van der Waals surface area contributed by atoms with Gasteiger partial charge in [0.25, 0.3) is 0 Å². The van der Waals surface area contributed by atoms with Crippen LogP contribution in [0.15, 0.2) is 23.5 Å². The quantitative estimate of drug-likeness (QED) is 0.756. The summed E-state index contributed by atoms with van der Waals surface area (Å²) < 4.78 is 5.05. The molecule has 0 bridgehead atoms. The van der Waals surface area contributed by atoms with Crippen LogP contribution in [0.4, 0.5) is 0 Å². The lowest BCUT2D eigenvalue weighted by atomic mass is 10.1. The SMILES string of the molecule is CC(=O)OCCN(C1=CC=C(N)CC1)C1CC1C. The van der Waals surface area contributed by atoms with Crippen LogP contribution in [0.25, 0.3) is 0 Å². The number of allylic oxidation sites excluding steroid dienone is 4. The molecule has 2 atom stereocenters. The summed E-state index contributed by atoms with van der Waals surface area (Å²) in [6.07, 6.45) is 7.25. The summed E-state index contributed by atoms with van der Waals surface area (Å²) >= 11 is 0. The van der Waals surface area contributed by atoms with Crippen molar-refractivity contribution in [3.63, 3.8) is 0 Å². The van der Waals surface area contributed by atoms with Crippen molar-refractivity contribution >= 4 is 5.97 Å². The van der Waals surface area contributed by atoms with Crippen LogP contribution >= 0.6 is 0 Å². The molecule has 0 aromatic rings. The number of hydrogen-bond acceptors (Lipinski definition) is 4. The van der Waals surface area contributed by atoms with E-state index in [9.17, 15) is 4.79 Å². The van der Waals surface area contributed by atoms with Crippen molar-refractivity contribution in [3.8, 4) is 0 Å². The lowest BCUT2D eigenvalue weighted by Gasteiger charge is -2.29. The van der Waals surface area contributed by atoms with Crippen LogP contribution in [0.2, 0.25) is 0 Å². The van der Waals surface area contributed by atoms with Crippen LogP contribution in [0.1, 0.15) is 33.1 Å². The molecule has 18 heavy (non-hydrogen) atoms. The van der Waals surface area contributed by atoms with Crippen molar-refractivity contribution < 1.29 is 9.53 Å². The van der Waals surface area contributed by atoms with Gasteiger partial charge in [-0.2, -0.15) is 0 Å². The molecule has 2 rings (SSSR count). The van der Waals surface area contributed by atoms with Gasteiger partial charge in [-0.25, -0.2) is 0 Å². The fourth-order valence-corrected chi connectivity index (χ4v) is 2.43. The average Bonchev–Trinajstić information content (AvgIpc) is 3.03. The van der Waals surface area contributed by atoms with E-state index in [1.54, 1.807) is 0 Å². The minimum atomic E-state index is -0.208. The molecule has 2 aliphatic rings. The predicted molar refractivity (Wildman–Crippen MR) is 70.5 cm³/mol. The maximum atomic E-state index is 10.8. The minimum Gasteiger partial charge on any atom is -0.464 e. The van der Waals surface area contributed by atoms with Crippen LogP contribution in [-0.4, -0.2) is 30.1 Å². The van der Waals surface area contributed by atoms with Gasteiger partial charge in [0.1, 0.15) is 6.61 Å². The Balaban J connectivity index is 1.95. The average molecular weight is 250 g/mol. The fraction of sp³-hybridized carbons (Fsp3) is 0.643. The lowest BCUT2D eigenvalue weighted by molar-refractivity contribution is -0.141. The first-order chi connectivity index (χ1) is 8.58. The van der Waals surface area contributed by atoms with E-state index in [0.29, 0.717) is 12.6 Å². The Morgan fingerprint density at radius 3 is 2.72 bits per heavy atom. The molecule has 0 aromatic carbocycles. The molecule has 0 spiro atoms. The standard InChI is InChI=1S/C14H22N2O2/c1-10-9-14(10)16(7-8-18-11(2)17)13-5-3-12(15)4-6-13/h3,5,10,14H,4,6-9,15H2,1-2H3. The Hall–Kier alpha value is -1.45. The summed E-state index contributed by atoms with van der Waals surface area (Å²) in [5.74, 6) is 0.534. The fourth-order valence-electron chi connectivity index (χ4n) is 2.43. The number of carbonyl (C=O) groups is 1. The number of carbonyl (C=O) groups excluding carboxylic acids is 1. The molecule has 0 amide bonds. The molecule has 0 radical (unpaired) electrons. The van der Waals surface area contributed by atoms with E-state index in [4.69, 9.17) is 10.5 Å². The number of hydrogen-bond donors (Lipinski definition) is 1. The highest BCUT2D eigenvalue weighted by atomic mass is 16.5. The molecule has 4 nitrogen and oxygen atoms in total. The van der Waals surface area contributed by atoms with E-state index in [0.717, 1.165) is 31.0 Å². The Morgan fingerprint density at radius 1 is 1.50 bits per heavy atom. The first-order valence-corrected chi connectivity index (χ1v) is 6.63. The van der Waals surface area contributed by atoms with Crippen molar-refractivity contribution in [2.24, 2.45) is 11.7 Å². The highest BCUT2D eigenvalue weighted by molar-refractivity contribution is 5.65. The molecule has 1 saturated carbocycles. The molecule has 0 aromatic heterocycles. The molecular formula is C14H22N2O2. The zero-order valence-electron chi connectivity index (χ0n) is 11.2. The van der Waals surface area contributed by atoms with Gasteiger partial charge in [-0.3, -0.25) is 4.79 Å². The number of rotatable bonds is 5. The van der Waals surface area contributed by atoms with Crippen LogP contribution in [0.3, 0.4) is 0 Å². The van der Waals surface area contributed by atoms with Crippen LogP contribution in [0.5, 0.6) is 0 Å². The molecule has 2 N–H and O–H groups in total. The third-order valence-electron chi connectivity index (χ3n) is 3.63. The third-order valence-corrected chi connectivity index (χ3v) is 3.63. The molecule has 100 valence electrons. The molecular weight excluding hydrogens is 228 g/mol. The maximum absolute atomic E-state index is 10.8. The Bertz CT molecular complexity index is 387. The highest BCUT2D eigenvalue weighted by Crippen LogP contribution is 2.38. The van der Waals surface area contributed by atoms with Gasteiger partial charge in [-0.05, 0) is 37.3 Å². The summed E-state index contributed by atoms with van der Waals surface area (Å²) in [4.78, 5) is 13.2. The molecule has 2 aliphatic carbocycles. The van der Waals surface area contributed by atoms with E-state index < -0.39 is 0 Å². The maximum Gasteiger partial charge on any atom is 0.302 e. The van der Waals surface area contributed by atoms with E-state index >= 15 is 0 Å². The van der Waals surface area contributed by atoms with Crippen LogP contribution in [-0.2, 0) is 9.53 Å². The molecule has 2 unspecified atom stereocenters. The summed E-state index contributed by atoms with van der Waals surface area (Å²) in [5.41, 5.74) is 8.06. The van der Waals surface area contributed by atoms with Crippen molar-refractivity contribution in [2.75, 3.05) is 13.2 Å². The second-order valence-corrected chi connectivity index (χ2v) is 5.21. The topological polar surface area (TPSA) is 55.6 Å². The first kappa shape index (κ1) is 13.0. The monoisotopic (exact) mass is 250 g/mol. The van der Waals surface area contributed by atoms with Crippen molar-refractivity contribution in [3.05, 3.63) is 23.5 Å². The van der Waals surface area contributed by atoms with Gasteiger partial charge in [0.15, 0.2) is 0 Å². The van der Waals surface area contributed by atoms with Gasteiger partial charge in [-0.1, -0.05) is 6.92 Å². The van der Waals surface area contributed by atoms with Gasteiger partial charge in [0.2, 0.25) is 0 Å². The third kappa shape index (κ3) is 3.28. The Labute approximate surface area is 108 Å². The Morgan fingerprint density at radius 2 is 2.22 bits per heavy atom. The molecule has 0 saturated heterocycles.